The Morgan fingerprint density at radius 3 is 2.04 bits per heavy atom. The third kappa shape index (κ3) is 11.7. The summed E-state index contributed by atoms with van der Waals surface area (Å²) >= 11 is 0. The van der Waals surface area contributed by atoms with Gasteiger partial charge in [-0.3, -0.25) is 4.79 Å². The van der Waals surface area contributed by atoms with Crippen LogP contribution in [0.1, 0.15) is 97.3 Å². The lowest BCUT2D eigenvalue weighted by molar-refractivity contribution is -0.273. The second-order valence-corrected chi connectivity index (χ2v) is 7.99. The summed E-state index contributed by atoms with van der Waals surface area (Å²) < 4.78 is 11.4. The molecular formula is C21H40O6. The van der Waals surface area contributed by atoms with Gasteiger partial charge in [-0.25, -0.2) is 0 Å². The Morgan fingerprint density at radius 1 is 0.963 bits per heavy atom. The fourth-order valence-corrected chi connectivity index (χ4v) is 3.49. The van der Waals surface area contributed by atoms with Crippen LogP contribution in [-0.4, -0.2) is 52.0 Å². The number of aliphatic carboxylic acids is 1. The molecular weight excluding hydrogens is 348 g/mol. The second kappa shape index (κ2) is 14.3. The average Bonchev–Trinajstić information content (AvgIpc) is 2.60. The number of aliphatic hydroxyl groups excluding tert-OH is 2. The highest BCUT2D eigenvalue weighted by atomic mass is 16.7. The van der Waals surface area contributed by atoms with E-state index in [0.29, 0.717) is 12.8 Å². The Hall–Kier alpha value is -0.690. The maximum absolute atomic E-state index is 10.4. The van der Waals surface area contributed by atoms with Crippen LogP contribution in [0.4, 0.5) is 0 Å². The summed E-state index contributed by atoms with van der Waals surface area (Å²) in [7, 11) is 0. The molecule has 1 rings (SSSR count). The largest absolute Gasteiger partial charge is 0.481 e. The van der Waals surface area contributed by atoms with E-state index < -0.39 is 24.5 Å². The molecule has 0 radical (unpaired) electrons. The molecule has 0 aromatic carbocycles. The van der Waals surface area contributed by atoms with Crippen molar-refractivity contribution in [2.45, 2.75) is 128 Å². The average molecular weight is 389 g/mol. The SMILES string of the molecule is CC1O[C@@H](O[C@H](C)CCCCCCCCCCCCC(=O)O)[C@H](O)C[C@H]1O. The minimum absolute atomic E-state index is 0.0397. The third-order valence-electron chi connectivity index (χ3n) is 5.31. The molecule has 3 N–H and O–H groups in total. The number of carboxylic acid groups (broad SMARTS) is 1. The Balaban J connectivity index is 1.91. The smallest absolute Gasteiger partial charge is 0.303 e. The fourth-order valence-electron chi connectivity index (χ4n) is 3.49. The first-order valence-electron chi connectivity index (χ1n) is 10.8. The van der Waals surface area contributed by atoms with Gasteiger partial charge in [0.2, 0.25) is 0 Å². The lowest BCUT2D eigenvalue weighted by atomic mass is 10.0. The maximum Gasteiger partial charge on any atom is 0.303 e. The van der Waals surface area contributed by atoms with E-state index in [9.17, 15) is 15.0 Å². The molecule has 6 nitrogen and oxygen atoms in total. The van der Waals surface area contributed by atoms with Gasteiger partial charge in [0, 0.05) is 12.8 Å². The van der Waals surface area contributed by atoms with Crippen LogP contribution >= 0.6 is 0 Å². The van der Waals surface area contributed by atoms with Gasteiger partial charge < -0.3 is 24.8 Å². The van der Waals surface area contributed by atoms with Crippen LogP contribution < -0.4 is 0 Å². The molecule has 0 aromatic rings. The van der Waals surface area contributed by atoms with Crippen molar-refractivity contribution < 1.29 is 29.6 Å². The van der Waals surface area contributed by atoms with Crippen molar-refractivity contribution in [2.24, 2.45) is 0 Å². The summed E-state index contributed by atoms with van der Waals surface area (Å²) in [4.78, 5) is 10.4. The van der Waals surface area contributed by atoms with Crippen molar-refractivity contribution >= 4 is 5.97 Å². The molecule has 1 saturated heterocycles. The van der Waals surface area contributed by atoms with E-state index in [2.05, 4.69) is 0 Å². The zero-order valence-electron chi connectivity index (χ0n) is 17.1. The number of unbranched alkanes of at least 4 members (excludes halogenated alkanes) is 9. The highest BCUT2D eigenvalue weighted by Crippen LogP contribution is 2.23. The Kier molecular flexibility index (Phi) is 12.9. The first-order valence-corrected chi connectivity index (χ1v) is 10.8. The van der Waals surface area contributed by atoms with Crippen LogP contribution in [0.2, 0.25) is 0 Å². The van der Waals surface area contributed by atoms with Gasteiger partial charge in [0.05, 0.1) is 18.3 Å². The van der Waals surface area contributed by atoms with Gasteiger partial charge in [-0.15, -0.1) is 0 Å². The number of carbonyl (C=O) groups is 1. The summed E-state index contributed by atoms with van der Waals surface area (Å²) in [6.07, 6.45) is 10.8. The lowest BCUT2D eigenvalue weighted by Gasteiger charge is -2.36. The zero-order valence-corrected chi connectivity index (χ0v) is 17.1. The van der Waals surface area contributed by atoms with E-state index in [1.807, 2.05) is 6.92 Å². The number of carboxylic acids is 1. The van der Waals surface area contributed by atoms with Crippen molar-refractivity contribution in [1.82, 2.24) is 0 Å². The Labute approximate surface area is 164 Å². The van der Waals surface area contributed by atoms with Crippen molar-refractivity contribution in [2.75, 3.05) is 0 Å². The molecule has 6 heteroatoms. The second-order valence-electron chi connectivity index (χ2n) is 7.99. The third-order valence-corrected chi connectivity index (χ3v) is 5.31. The molecule has 0 spiro atoms. The van der Waals surface area contributed by atoms with Gasteiger partial charge in [0.25, 0.3) is 0 Å². The van der Waals surface area contributed by atoms with Crippen molar-refractivity contribution in [1.29, 1.82) is 0 Å². The van der Waals surface area contributed by atoms with Gasteiger partial charge in [-0.2, -0.15) is 0 Å². The quantitative estimate of drug-likeness (QED) is 0.367. The number of aliphatic hydroxyl groups is 2. The number of hydrogen-bond donors (Lipinski definition) is 3. The minimum atomic E-state index is -0.761. The molecule has 27 heavy (non-hydrogen) atoms. The van der Waals surface area contributed by atoms with Gasteiger partial charge in [-0.05, 0) is 26.7 Å². The van der Waals surface area contributed by atoms with E-state index in [-0.39, 0.29) is 12.2 Å². The van der Waals surface area contributed by atoms with Gasteiger partial charge >= 0.3 is 5.97 Å². The van der Waals surface area contributed by atoms with E-state index >= 15 is 0 Å². The number of ether oxygens (including phenoxy) is 2. The molecule has 0 aromatic heterocycles. The molecule has 0 bridgehead atoms. The summed E-state index contributed by atoms with van der Waals surface area (Å²) in [6, 6.07) is 0. The van der Waals surface area contributed by atoms with E-state index in [4.69, 9.17) is 14.6 Å². The molecule has 1 aliphatic heterocycles. The molecule has 1 heterocycles. The van der Waals surface area contributed by atoms with E-state index in [1.54, 1.807) is 6.92 Å². The predicted molar refractivity (Wildman–Crippen MR) is 105 cm³/mol. The maximum atomic E-state index is 10.4. The monoisotopic (exact) mass is 388 g/mol. The van der Waals surface area contributed by atoms with Gasteiger partial charge in [-0.1, -0.05) is 57.8 Å². The first kappa shape index (κ1) is 24.3. The highest BCUT2D eigenvalue weighted by Gasteiger charge is 2.35. The van der Waals surface area contributed by atoms with Gasteiger partial charge in [0.15, 0.2) is 6.29 Å². The van der Waals surface area contributed by atoms with Crippen molar-refractivity contribution in [3.63, 3.8) is 0 Å². The van der Waals surface area contributed by atoms with Gasteiger partial charge in [0.1, 0.15) is 6.10 Å². The highest BCUT2D eigenvalue weighted by molar-refractivity contribution is 5.66. The zero-order chi connectivity index (χ0) is 20.1. The number of hydrogen-bond acceptors (Lipinski definition) is 5. The molecule has 0 amide bonds. The van der Waals surface area contributed by atoms with Crippen LogP contribution in [0.3, 0.4) is 0 Å². The molecule has 0 saturated carbocycles. The van der Waals surface area contributed by atoms with Crippen LogP contribution in [0.25, 0.3) is 0 Å². The summed E-state index contributed by atoms with van der Waals surface area (Å²) in [5.41, 5.74) is 0. The Bertz CT molecular complexity index is 389. The van der Waals surface area contributed by atoms with Crippen molar-refractivity contribution in [3.8, 4) is 0 Å². The van der Waals surface area contributed by atoms with Crippen LogP contribution in [0, 0.1) is 0 Å². The molecule has 1 fully saturated rings. The van der Waals surface area contributed by atoms with E-state index in [1.165, 1.54) is 38.5 Å². The van der Waals surface area contributed by atoms with Crippen LogP contribution in [-0.2, 0) is 14.3 Å². The first-order chi connectivity index (χ1) is 12.9. The normalized spacial score (nSPS) is 26.8. The molecule has 1 unspecified atom stereocenters. The van der Waals surface area contributed by atoms with Crippen molar-refractivity contribution in [3.05, 3.63) is 0 Å². The topological polar surface area (TPSA) is 96.2 Å². The van der Waals surface area contributed by atoms with Crippen LogP contribution in [0.5, 0.6) is 0 Å². The minimum Gasteiger partial charge on any atom is -0.481 e. The summed E-state index contributed by atoms with van der Waals surface area (Å²) in [6.45, 7) is 3.81. The summed E-state index contributed by atoms with van der Waals surface area (Å²) in [5, 5.41) is 28.2. The standard InChI is InChI=1S/C21H40O6/c1-16(26-21-19(23)15-18(22)17(2)27-21)13-11-9-7-5-3-4-6-8-10-12-14-20(24)25/h16-19,21-23H,3-15H2,1-2H3,(H,24,25)/t16-,17?,18-,19-,21-/m1/s1. The molecule has 160 valence electrons. The lowest BCUT2D eigenvalue weighted by Crippen LogP contribution is -2.48. The number of rotatable bonds is 15. The fraction of sp³-hybridized carbons (Fsp3) is 0.952. The predicted octanol–water partition coefficient (Wildman–Crippen LogP) is 4.01. The van der Waals surface area contributed by atoms with Crippen LogP contribution in [0.15, 0.2) is 0 Å². The molecule has 5 atom stereocenters. The molecule has 1 aliphatic rings. The molecule has 0 aliphatic carbocycles. The summed E-state index contributed by atoms with van der Waals surface area (Å²) in [5.74, 6) is -0.689. The Morgan fingerprint density at radius 2 is 1.48 bits per heavy atom. The van der Waals surface area contributed by atoms with E-state index in [0.717, 1.165) is 32.1 Å².